The van der Waals surface area contributed by atoms with Gasteiger partial charge in [0, 0.05) is 13.1 Å². The van der Waals surface area contributed by atoms with Crippen molar-refractivity contribution in [2.24, 2.45) is 0 Å². The molecule has 90 valence electrons. The van der Waals surface area contributed by atoms with E-state index in [2.05, 4.69) is 0 Å². The molecule has 0 heterocycles. The van der Waals surface area contributed by atoms with Crippen LogP contribution in [0.25, 0.3) is 0 Å². The predicted molar refractivity (Wildman–Crippen MR) is 56.8 cm³/mol. The van der Waals surface area contributed by atoms with Crippen LogP contribution < -0.4 is 0 Å². The molecule has 1 atom stereocenters. The van der Waals surface area contributed by atoms with E-state index in [1.54, 1.807) is 11.9 Å². The Morgan fingerprint density at radius 2 is 2.07 bits per heavy atom. The molecule has 0 aromatic heterocycles. The number of hydrogen-bond acceptors (Lipinski definition) is 4. The van der Waals surface area contributed by atoms with E-state index in [1.807, 2.05) is 13.8 Å². The third-order valence-corrected chi connectivity index (χ3v) is 1.96. The van der Waals surface area contributed by atoms with E-state index in [1.165, 1.54) is 6.92 Å². The summed E-state index contributed by atoms with van der Waals surface area (Å²) in [5.74, 6) is -1.21. The van der Waals surface area contributed by atoms with Crippen molar-refractivity contribution in [1.29, 1.82) is 0 Å². The highest BCUT2D eigenvalue weighted by molar-refractivity contribution is 5.76. The van der Waals surface area contributed by atoms with Gasteiger partial charge in [-0.1, -0.05) is 0 Å². The Bertz CT molecular complexity index is 204. The quantitative estimate of drug-likeness (QED) is 0.639. The summed E-state index contributed by atoms with van der Waals surface area (Å²) in [6.07, 6.45) is 0.165. The van der Waals surface area contributed by atoms with Crippen molar-refractivity contribution in [3.05, 3.63) is 0 Å². The molecule has 0 aromatic rings. The van der Waals surface area contributed by atoms with Crippen molar-refractivity contribution < 1.29 is 19.7 Å². The highest BCUT2D eigenvalue weighted by atomic mass is 16.5. The molecular formula is C10H21NO4. The number of rotatable bonds is 7. The number of ether oxygens (including phenoxy) is 1. The number of aliphatic carboxylic acids is 1. The molecule has 0 radical (unpaired) electrons. The zero-order chi connectivity index (χ0) is 12.1. The largest absolute Gasteiger partial charge is 0.479 e. The van der Waals surface area contributed by atoms with Gasteiger partial charge in [0.05, 0.1) is 12.7 Å². The summed E-state index contributed by atoms with van der Waals surface area (Å²) in [4.78, 5) is 12.4. The molecule has 5 heteroatoms. The summed E-state index contributed by atoms with van der Waals surface area (Å²) in [5, 5.41) is 18.2. The first-order valence-electron chi connectivity index (χ1n) is 5.01. The maximum Gasteiger partial charge on any atom is 0.336 e. The van der Waals surface area contributed by atoms with Gasteiger partial charge < -0.3 is 19.8 Å². The van der Waals surface area contributed by atoms with Gasteiger partial charge in [-0.05, 0) is 27.8 Å². The van der Waals surface area contributed by atoms with Crippen LogP contribution in [-0.2, 0) is 9.53 Å². The second kappa shape index (κ2) is 6.05. The van der Waals surface area contributed by atoms with Crippen LogP contribution in [0.5, 0.6) is 0 Å². The van der Waals surface area contributed by atoms with E-state index >= 15 is 0 Å². The average Bonchev–Trinajstić information content (AvgIpc) is 2.01. The summed E-state index contributed by atoms with van der Waals surface area (Å²) in [6.45, 7) is 6.38. The Balaban J connectivity index is 3.83. The lowest BCUT2D eigenvalue weighted by Gasteiger charge is -2.25. The van der Waals surface area contributed by atoms with E-state index in [0.717, 1.165) is 0 Å². The minimum Gasteiger partial charge on any atom is -0.479 e. The molecule has 0 spiro atoms. The Kier molecular flexibility index (Phi) is 5.79. The van der Waals surface area contributed by atoms with Crippen LogP contribution in [0.3, 0.4) is 0 Å². The molecule has 0 rings (SSSR count). The molecule has 0 saturated carbocycles. The first kappa shape index (κ1) is 14.3. The van der Waals surface area contributed by atoms with E-state index in [0.29, 0.717) is 13.2 Å². The lowest BCUT2D eigenvalue weighted by molar-refractivity contribution is -0.158. The van der Waals surface area contributed by atoms with E-state index in [4.69, 9.17) is 9.84 Å². The highest BCUT2D eigenvalue weighted by Crippen LogP contribution is 2.05. The highest BCUT2D eigenvalue weighted by Gasteiger charge is 2.30. The van der Waals surface area contributed by atoms with Gasteiger partial charge in [0.1, 0.15) is 0 Å². The fourth-order valence-corrected chi connectivity index (χ4v) is 1.12. The SMILES string of the molecule is CC(C)OCCN(C)CC(C)(O)C(=O)O. The zero-order valence-electron chi connectivity index (χ0n) is 9.86. The van der Waals surface area contributed by atoms with Gasteiger partial charge in [0.25, 0.3) is 0 Å². The number of nitrogens with zero attached hydrogens (tertiary/aromatic N) is 1. The second-order valence-electron chi connectivity index (χ2n) is 4.24. The maximum atomic E-state index is 10.6. The molecule has 0 saturated heterocycles. The van der Waals surface area contributed by atoms with Gasteiger partial charge in [0.15, 0.2) is 5.60 Å². The average molecular weight is 219 g/mol. The fraction of sp³-hybridized carbons (Fsp3) is 0.900. The van der Waals surface area contributed by atoms with E-state index < -0.39 is 11.6 Å². The van der Waals surface area contributed by atoms with Crippen LogP contribution in [0.2, 0.25) is 0 Å². The number of carboxylic acid groups (broad SMARTS) is 1. The lowest BCUT2D eigenvalue weighted by Crippen LogP contribution is -2.46. The van der Waals surface area contributed by atoms with Crippen LogP contribution in [0.15, 0.2) is 0 Å². The Morgan fingerprint density at radius 1 is 1.53 bits per heavy atom. The summed E-state index contributed by atoms with van der Waals surface area (Å²) in [6, 6.07) is 0. The molecule has 5 nitrogen and oxygen atoms in total. The molecule has 0 aliphatic heterocycles. The van der Waals surface area contributed by atoms with Crippen molar-refractivity contribution in [1.82, 2.24) is 4.90 Å². The lowest BCUT2D eigenvalue weighted by atomic mass is 10.1. The topological polar surface area (TPSA) is 70.0 Å². The Labute approximate surface area is 90.6 Å². The van der Waals surface area contributed by atoms with Gasteiger partial charge in [-0.25, -0.2) is 4.79 Å². The molecule has 0 bridgehead atoms. The third-order valence-electron chi connectivity index (χ3n) is 1.96. The number of carbonyl (C=O) groups is 1. The summed E-state index contributed by atoms with van der Waals surface area (Å²) < 4.78 is 5.32. The van der Waals surface area contributed by atoms with Crippen molar-refractivity contribution in [2.75, 3.05) is 26.7 Å². The van der Waals surface area contributed by atoms with Crippen LogP contribution in [0.1, 0.15) is 20.8 Å². The first-order chi connectivity index (χ1) is 6.75. The minimum atomic E-state index is -1.70. The van der Waals surface area contributed by atoms with Crippen molar-refractivity contribution in [2.45, 2.75) is 32.5 Å². The van der Waals surface area contributed by atoms with Crippen molar-refractivity contribution >= 4 is 5.97 Å². The Morgan fingerprint density at radius 3 is 2.47 bits per heavy atom. The molecule has 0 fully saturated rings. The van der Waals surface area contributed by atoms with Gasteiger partial charge in [-0.3, -0.25) is 0 Å². The van der Waals surface area contributed by atoms with Gasteiger partial charge >= 0.3 is 5.97 Å². The van der Waals surface area contributed by atoms with Crippen molar-refractivity contribution in [3.63, 3.8) is 0 Å². The molecule has 0 aromatic carbocycles. The normalized spacial score (nSPS) is 15.7. The summed E-state index contributed by atoms with van der Waals surface area (Å²) in [5.41, 5.74) is -1.70. The monoisotopic (exact) mass is 219 g/mol. The van der Waals surface area contributed by atoms with Gasteiger partial charge in [-0.15, -0.1) is 0 Å². The molecule has 0 aliphatic rings. The maximum absolute atomic E-state index is 10.6. The number of likely N-dealkylation sites (N-methyl/N-ethyl adjacent to an activating group) is 1. The smallest absolute Gasteiger partial charge is 0.336 e. The molecule has 2 N–H and O–H groups in total. The molecule has 15 heavy (non-hydrogen) atoms. The number of carboxylic acids is 1. The van der Waals surface area contributed by atoms with Crippen LogP contribution >= 0.6 is 0 Å². The second-order valence-corrected chi connectivity index (χ2v) is 4.24. The van der Waals surface area contributed by atoms with Gasteiger partial charge in [0.2, 0.25) is 0 Å². The molecular weight excluding hydrogens is 198 g/mol. The van der Waals surface area contributed by atoms with Crippen LogP contribution in [-0.4, -0.2) is 59.5 Å². The molecule has 0 amide bonds. The van der Waals surface area contributed by atoms with E-state index in [9.17, 15) is 9.90 Å². The minimum absolute atomic E-state index is 0.0871. The number of hydrogen-bond donors (Lipinski definition) is 2. The van der Waals surface area contributed by atoms with E-state index in [-0.39, 0.29) is 12.6 Å². The molecule has 0 aliphatic carbocycles. The molecule has 1 unspecified atom stereocenters. The fourth-order valence-electron chi connectivity index (χ4n) is 1.12. The number of aliphatic hydroxyl groups is 1. The van der Waals surface area contributed by atoms with Crippen LogP contribution in [0.4, 0.5) is 0 Å². The zero-order valence-corrected chi connectivity index (χ0v) is 9.86. The van der Waals surface area contributed by atoms with Gasteiger partial charge in [-0.2, -0.15) is 0 Å². The third kappa shape index (κ3) is 6.43. The summed E-state index contributed by atoms with van der Waals surface area (Å²) in [7, 11) is 1.75. The van der Waals surface area contributed by atoms with Crippen LogP contribution in [0, 0.1) is 0 Å². The first-order valence-corrected chi connectivity index (χ1v) is 5.01. The predicted octanol–water partition coefficient (Wildman–Crippen LogP) is 0.179. The summed E-state index contributed by atoms with van der Waals surface area (Å²) >= 11 is 0. The van der Waals surface area contributed by atoms with Crippen molar-refractivity contribution in [3.8, 4) is 0 Å². The standard InChI is InChI=1S/C10H21NO4/c1-8(2)15-6-5-11(4)7-10(3,14)9(12)13/h8,14H,5-7H2,1-4H3,(H,12,13). The Hall–Kier alpha value is -0.650.